The summed E-state index contributed by atoms with van der Waals surface area (Å²) in [6.07, 6.45) is 1.87. The van der Waals surface area contributed by atoms with E-state index in [2.05, 4.69) is 11.9 Å². The first-order valence-corrected chi connectivity index (χ1v) is 9.88. The van der Waals surface area contributed by atoms with E-state index in [1.807, 2.05) is 37.3 Å². The van der Waals surface area contributed by atoms with E-state index in [-0.39, 0.29) is 19.8 Å². The molecule has 0 saturated heterocycles. The Balaban J connectivity index is 1.82. The highest BCUT2D eigenvalue weighted by molar-refractivity contribution is 5.89. The number of nitriles is 1. The number of carbonyl (C=O) groups is 2. The number of esters is 1. The zero-order chi connectivity index (χ0) is 22.6. The molecule has 0 aliphatic carbocycles. The lowest BCUT2D eigenvalue weighted by molar-refractivity contribution is -0.123. The highest BCUT2D eigenvalue weighted by Crippen LogP contribution is 2.09. The minimum absolute atomic E-state index is 0.00938. The molecule has 0 heterocycles. The van der Waals surface area contributed by atoms with E-state index >= 15 is 0 Å². The first-order valence-electron chi connectivity index (χ1n) is 9.88. The van der Waals surface area contributed by atoms with Crippen molar-refractivity contribution in [3.05, 3.63) is 83.4 Å². The van der Waals surface area contributed by atoms with Crippen molar-refractivity contribution < 1.29 is 19.1 Å². The predicted octanol–water partition coefficient (Wildman–Crippen LogP) is 2.43. The third kappa shape index (κ3) is 8.05. The zero-order valence-electron chi connectivity index (χ0n) is 17.5. The summed E-state index contributed by atoms with van der Waals surface area (Å²) in [6, 6.07) is 15.0. The number of carbonyl (C=O) groups excluding carboxylic acids is 2. The van der Waals surface area contributed by atoms with Gasteiger partial charge in [-0.2, -0.15) is 5.26 Å². The van der Waals surface area contributed by atoms with Gasteiger partial charge in [0.2, 0.25) is 5.91 Å². The Morgan fingerprint density at radius 1 is 1.23 bits per heavy atom. The molecule has 7 heteroatoms. The van der Waals surface area contributed by atoms with Crippen molar-refractivity contribution in [3.63, 3.8) is 0 Å². The molecule has 2 aromatic carbocycles. The molecule has 162 valence electrons. The van der Waals surface area contributed by atoms with Crippen LogP contribution in [0.2, 0.25) is 0 Å². The predicted molar refractivity (Wildman–Crippen MR) is 117 cm³/mol. The summed E-state index contributed by atoms with van der Waals surface area (Å²) in [5, 5.41) is 11.9. The Bertz CT molecular complexity index is 952. The number of nitrogens with two attached hydrogens (primary N) is 1. The summed E-state index contributed by atoms with van der Waals surface area (Å²) in [6.45, 7) is 5.77. The van der Waals surface area contributed by atoms with Crippen molar-refractivity contribution in [2.24, 2.45) is 5.73 Å². The maximum Gasteiger partial charge on any atom is 0.338 e. The molecule has 0 aliphatic heterocycles. The average molecular weight is 421 g/mol. The van der Waals surface area contributed by atoms with Gasteiger partial charge >= 0.3 is 5.97 Å². The fraction of sp³-hybridized carbons (Fsp3) is 0.292. The lowest BCUT2D eigenvalue weighted by Crippen LogP contribution is -2.47. The van der Waals surface area contributed by atoms with Crippen molar-refractivity contribution in [2.45, 2.75) is 32.0 Å². The smallest absolute Gasteiger partial charge is 0.338 e. The van der Waals surface area contributed by atoms with Crippen LogP contribution in [0.1, 0.15) is 27.0 Å². The van der Waals surface area contributed by atoms with Gasteiger partial charge in [0.05, 0.1) is 30.9 Å². The molecule has 3 N–H and O–H groups in total. The van der Waals surface area contributed by atoms with E-state index in [4.69, 9.17) is 15.2 Å². The normalized spacial score (nSPS) is 12.3. The Morgan fingerprint density at radius 2 is 1.97 bits per heavy atom. The van der Waals surface area contributed by atoms with E-state index in [1.165, 1.54) is 6.08 Å². The van der Waals surface area contributed by atoms with E-state index < -0.39 is 24.0 Å². The van der Waals surface area contributed by atoms with E-state index in [1.54, 1.807) is 24.3 Å². The maximum atomic E-state index is 12.3. The molecule has 0 aliphatic rings. The van der Waals surface area contributed by atoms with Crippen molar-refractivity contribution in [1.82, 2.24) is 5.32 Å². The van der Waals surface area contributed by atoms with Crippen LogP contribution in [0, 0.1) is 18.3 Å². The molecule has 1 unspecified atom stereocenters. The van der Waals surface area contributed by atoms with Crippen molar-refractivity contribution in [1.29, 1.82) is 5.26 Å². The lowest BCUT2D eigenvalue weighted by atomic mass is 10.0. The third-order valence-electron chi connectivity index (χ3n) is 4.40. The SMILES string of the molecule is C=CCOC(=O)c1cccc(COCC(C#N)NC(=O)[C@@H](N)Cc2cccc(C)c2)c1. The van der Waals surface area contributed by atoms with Gasteiger partial charge in [0, 0.05) is 0 Å². The molecule has 0 aromatic heterocycles. The molecule has 2 atom stereocenters. The fourth-order valence-corrected chi connectivity index (χ4v) is 2.88. The van der Waals surface area contributed by atoms with Crippen LogP contribution in [0.3, 0.4) is 0 Å². The van der Waals surface area contributed by atoms with Crippen LogP contribution in [0.15, 0.2) is 61.2 Å². The molecule has 0 bridgehead atoms. The summed E-state index contributed by atoms with van der Waals surface area (Å²) in [5.41, 5.74) is 9.18. The van der Waals surface area contributed by atoms with E-state index in [0.717, 1.165) is 16.7 Å². The second-order valence-corrected chi connectivity index (χ2v) is 7.09. The summed E-state index contributed by atoms with van der Waals surface area (Å²) in [7, 11) is 0. The summed E-state index contributed by atoms with van der Waals surface area (Å²) < 4.78 is 10.6. The monoisotopic (exact) mass is 421 g/mol. The Morgan fingerprint density at radius 3 is 2.68 bits per heavy atom. The van der Waals surface area contributed by atoms with E-state index in [0.29, 0.717) is 12.0 Å². The standard InChI is InChI=1S/C24H27N3O4/c1-3-10-31-24(29)20-9-5-8-19(12-20)15-30-16-21(14-25)27-23(28)22(26)13-18-7-4-6-17(2)11-18/h3-9,11-12,21-22H,1,10,13,15-16,26H2,2H3,(H,27,28)/t21?,22-/m0/s1. The number of rotatable bonds is 11. The zero-order valence-corrected chi connectivity index (χ0v) is 17.5. The Hall–Kier alpha value is -3.47. The topological polar surface area (TPSA) is 114 Å². The highest BCUT2D eigenvalue weighted by atomic mass is 16.5. The number of hydrogen-bond donors (Lipinski definition) is 2. The average Bonchev–Trinajstić information content (AvgIpc) is 2.76. The van der Waals surface area contributed by atoms with Crippen LogP contribution in [0.4, 0.5) is 0 Å². The molecule has 0 saturated carbocycles. The molecule has 0 spiro atoms. The van der Waals surface area contributed by atoms with Crippen LogP contribution in [-0.2, 0) is 27.3 Å². The molecule has 2 rings (SSSR count). The number of ether oxygens (including phenoxy) is 2. The number of hydrogen-bond acceptors (Lipinski definition) is 6. The number of nitrogens with one attached hydrogen (secondary N) is 1. The van der Waals surface area contributed by atoms with Crippen LogP contribution in [-0.4, -0.2) is 37.2 Å². The first-order chi connectivity index (χ1) is 14.9. The van der Waals surface area contributed by atoms with Gasteiger partial charge in [-0.25, -0.2) is 4.79 Å². The number of nitrogens with zero attached hydrogens (tertiary/aromatic N) is 1. The molecular weight excluding hydrogens is 394 g/mol. The molecule has 0 fully saturated rings. The minimum Gasteiger partial charge on any atom is -0.458 e. The van der Waals surface area contributed by atoms with Gasteiger partial charge in [-0.1, -0.05) is 54.6 Å². The second-order valence-electron chi connectivity index (χ2n) is 7.09. The number of aryl methyl sites for hydroxylation is 1. The minimum atomic E-state index is -0.836. The van der Waals surface area contributed by atoms with Crippen molar-refractivity contribution >= 4 is 11.9 Å². The third-order valence-corrected chi connectivity index (χ3v) is 4.40. The largest absolute Gasteiger partial charge is 0.458 e. The van der Waals surface area contributed by atoms with Crippen molar-refractivity contribution in [3.8, 4) is 6.07 Å². The van der Waals surface area contributed by atoms with Gasteiger partial charge in [0.15, 0.2) is 0 Å². The highest BCUT2D eigenvalue weighted by Gasteiger charge is 2.18. The van der Waals surface area contributed by atoms with Crippen LogP contribution in [0.25, 0.3) is 0 Å². The van der Waals surface area contributed by atoms with Crippen molar-refractivity contribution in [2.75, 3.05) is 13.2 Å². The quantitative estimate of drug-likeness (QED) is 0.425. The van der Waals surface area contributed by atoms with Crippen LogP contribution in [0.5, 0.6) is 0 Å². The number of benzene rings is 2. The van der Waals surface area contributed by atoms with Gasteiger partial charge in [-0.3, -0.25) is 4.79 Å². The van der Waals surface area contributed by atoms with Crippen LogP contribution >= 0.6 is 0 Å². The summed E-state index contributed by atoms with van der Waals surface area (Å²) >= 11 is 0. The maximum absolute atomic E-state index is 12.3. The summed E-state index contributed by atoms with van der Waals surface area (Å²) in [4.78, 5) is 24.2. The fourth-order valence-electron chi connectivity index (χ4n) is 2.88. The molecule has 31 heavy (non-hydrogen) atoms. The van der Waals surface area contributed by atoms with Gasteiger partial charge < -0.3 is 20.5 Å². The van der Waals surface area contributed by atoms with Gasteiger partial charge in [-0.05, 0) is 36.6 Å². The van der Waals surface area contributed by atoms with Crippen LogP contribution < -0.4 is 11.1 Å². The Labute approximate surface area is 182 Å². The molecular formula is C24H27N3O4. The summed E-state index contributed by atoms with van der Waals surface area (Å²) in [5.74, 6) is -0.866. The second kappa shape index (κ2) is 12.3. The lowest BCUT2D eigenvalue weighted by Gasteiger charge is -2.16. The van der Waals surface area contributed by atoms with E-state index in [9.17, 15) is 14.9 Å². The molecule has 1 amide bonds. The van der Waals surface area contributed by atoms with Gasteiger partial charge in [0.1, 0.15) is 12.6 Å². The first kappa shape index (κ1) is 23.8. The molecule has 0 radical (unpaired) electrons. The van der Waals surface area contributed by atoms with Gasteiger partial charge in [0.25, 0.3) is 0 Å². The number of amides is 1. The molecule has 7 nitrogen and oxygen atoms in total. The Kier molecular flexibility index (Phi) is 9.43. The van der Waals surface area contributed by atoms with Gasteiger partial charge in [-0.15, -0.1) is 0 Å². The molecule has 2 aromatic rings.